The molecule has 0 fully saturated rings. The topological polar surface area (TPSA) is 17.1 Å². The lowest BCUT2D eigenvalue weighted by molar-refractivity contribution is 0.101. The molecule has 0 saturated carbocycles. The van der Waals surface area contributed by atoms with E-state index in [1.165, 1.54) is 43.2 Å². The summed E-state index contributed by atoms with van der Waals surface area (Å²) >= 11 is 0. The first-order valence-corrected chi connectivity index (χ1v) is 6.88. The average molecular weight is 230 g/mol. The van der Waals surface area contributed by atoms with E-state index in [0.717, 1.165) is 18.4 Å². The van der Waals surface area contributed by atoms with Crippen LogP contribution in [-0.4, -0.2) is 5.78 Å². The van der Waals surface area contributed by atoms with Crippen LogP contribution in [0.15, 0.2) is 12.1 Å². The van der Waals surface area contributed by atoms with Crippen LogP contribution in [0.2, 0.25) is 0 Å². The van der Waals surface area contributed by atoms with E-state index in [0.29, 0.717) is 0 Å². The van der Waals surface area contributed by atoms with Gasteiger partial charge in [-0.2, -0.15) is 0 Å². The highest BCUT2D eigenvalue weighted by Gasteiger charge is 2.17. The molecule has 0 heterocycles. The van der Waals surface area contributed by atoms with Gasteiger partial charge in [-0.3, -0.25) is 4.79 Å². The predicted octanol–water partition coefficient (Wildman–Crippen LogP) is 4.11. The van der Waals surface area contributed by atoms with Crippen LogP contribution in [0.4, 0.5) is 0 Å². The zero-order chi connectivity index (χ0) is 12.3. The number of unbranched alkanes of at least 4 members (excludes halogenated alkanes) is 2. The fourth-order valence-electron chi connectivity index (χ4n) is 2.79. The number of benzene rings is 1. The fraction of sp³-hybridized carbons (Fsp3) is 0.562. The molecule has 0 radical (unpaired) electrons. The van der Waals surface area contributed by atoms with Gasteiger partial charge >= 0.3 is 0 Å². The van der Waals surface area contributed by atoms with Gasteiger partial charge in [0.1, 0.15) is 0 Å². The van der Waals surface area contributed by atoms with E-state index in [2.05, 4.69) is 19.1 Å². The number of carbonyl (C=O) groups is 1. The monoisotopic (exact) mass is 230 g/mol. The molecule has 0 unspecified atom stereocenters. The van der Waals surface area contributed by atoms with Crippen LogP contribution in [0.1, 0.15) is 66.6 Å². The van der Waals surface area contributed by atoms with Crippen molar-refractivity contribution in [1.29, 1.82) is 0 Å². The maximum Gasteiger partial charge on any atom is 0.159 e. The molecule has 0 amide bonds. The van der Waals surface area contributed by atoms with Gasteiger partial charge in [0, 0.05) is 5.56 Å². The van der Waals surface area contributed by atoms with E-state index in [1.807, 2.05) is 0 Å². The quantitative estimate of drug-likeness (QED) is 0.549. The summed E-state index contributed by atoms with van der Waals surface area (Å²) in [5.74, 6) is 0.205. The maximum absolute atomic E-state index is 11.5. The summed E-state index contributed by atoms with van der Waals surface area (Å²) in [6, 6.07) is 4.26. The highest BCUT2D eigenvalue weighted by Crippen LogP contribution is 2.28. The SMILES string of the molecule is CCCCCc1cc(C(C)=O)cc2c1CCC2. The molecule has 2 rings (SSSR count). The van der Waals surface area contributed by atoms with Crippen molar-refractivity contribution in [3.63, 3.8) is 0 Å². The molecule has 0 aromatic heterocycles. The summed E-state index contributed by atoms with van der Waals surface area (Å²) < 4.78 is 0. The molecule has 0 aliphatic heterocycles. The molecule has 1 aliphatic carbocycles. The van der Waals surface area contributed by atoms with Crippen LogP contribution in [0, 0.1) is 0 Å². The van der Waals surface area contributed by atoms with Crippen molar-refractivity contribution in [2.24, 2.45) is 0 Å². The summed E-state index contributed by atoms with van der Waals surface area (Å²) in [6.07, 6.45) is 8.60. The average Bonchev–Trinajstić information content (AvgIpc) is 2.77. The zero-order valence-electron chi connectivity index (χ0n) is 11.0. The Morgan fingerprint density at radius 2 is 2.06 bits per heavy atom. The van der Waals surface area contributed by atoms with Crippen molar-refractivity contribution in [1.82, 2.24) is 0 Å². The van der Waals surface area contributed by atoms with E-state index in [-0.39, 0.29) is 5.78 Å². The minimum Gasteiger partial charge on any atom is -0.295 e. The molecule has 1 aromatic rings. The number of hydrogen-bond acceptors (Lipinski definition) is 1. The Labute approximate surface area is 104 Å². The van der Waals surface area contributed by atoms with E-state index < -0.39 is 0 Å². The largest absolute Gasteiger partial charge is 0.295 e. The normalized spacial score (nSPS) is 13.8. The first kappa shape index (κ1) is 12.3. The summed E-state index contributed by atoms with van der Waals surface area (Å²) in [7, 11) is 0. The van der Waals surface area contributed by atoms with Gasteiger partial charge in [0.05, 0.1) is 0 Å². The molecule has 0 spiro atoms. The zero-order valence-corrected chi connectivity index (χ0v) is 11.0. The number of Topliss-reactive ketones (excluding diaryl/α,β-unsaturated/α-hetero) is 1. The summed E-state index contributed by atoms with van der Waals surface area (Å²) in [6.45, 7) is 3.91. The van der Waals surface area contributed by atoms with Gasteiger partial charge < -0.3 is 0 Å². The predicted molar refractivity (Wildman–Crippen MR) is 71.7 cm³/mol. The number of carbonyl (C=O) groups excluding carboxylic acids is 1. The molecule has 0 N–H and O–H groups in total. The van der Waals surface area contributed by atoms with Gasteiger partial charge in [0.15, 0.2) is 5.78 Å². The second-order valence-corrected chi connectivity index (χ2v) is 5.14. The standard InChI is InChI=1S/C16H22O/c1-3-4-5-7-13-10-15(12(2)17)11-14-8-6-9-16(13)14/h10-11H,3-9H2,1-2H3. The molecule has 1 heteroatoms. The van der Waals surface area contributed by atoms with Gasteiger partial charge in [0.25, 0.3) is 0 Å². The van der Waals surface area contributed by atoms with Crippen molar-refractivity contribution in [3.05, 3.63) is 34.4 Å². The van der Waals surface area contributed by atoms with Crippen LogP contribution in [0.25, 0.3) is 0 Å². The van der Waals surface area contributed by atoms with Crippen molar-refractivity contribution >= 4 is 5.78 Å². The molecule has 1 nitrogen and oxygen atoms in total. The van der Waals surface area contributed by atoms with E-state index in [1.54, 1.807) is 12.5 Å². The number of rotatable bonds is 5. The fourth-order valence-corrected chi connectivity index (χ4v) is 2.79. The van der Waals surface area contributed by atoms with Gasteiger partial charge in [-0.1, -0.05) is 19.8 Å². The molecule has 92 valence electrons. The first-order chi connectivity index (χ1) is 8.22. The molecule has 0 atom stereocenters. The maximum atomic E-state index is 11.5. The van der Waals surface area contributed by atoms with Crippen LogP contribution in [0.3, 0.4) is 0 Å². The van der Waals surface area contributed by atoms with Gasteiger partial charge in [-0.05, 0) is 67.9 Å². The lowest BCUT2D eigenvalue weighted by atomic mass is 9.94. The van der Waals surface area contributed by atoms with Crippen LogP contribution < -0.4 is 0 Å². The minimum atomic E-state index is 0.205. The highest BCUT2D eigenvalue weighted by atomic mass is 16.1. The Bertz CT molecular complexity index is 418. The lowest BCUT2D eigenvalue weighted by Crippen LogP contribution is -2.00. The van der Waals surface area contributed by atoms with Crippen LogP contribution in [-0.2, 0) is 19.3 Å². The highest BCUT2D eigenvalue weighted by molar-refractivity contribution is 5.94. The molecular formula is C16H22O. The van der Waals surface area contributed by atoms with Crippen molar-refractivity contribution in [2.45, 2.75) is 58.8 Å². The number of hydrogen-bond donors (Lipinski definition) is 0. The van der Waals surface area contributed by atoms with Crippen molar-refractivity contribution in [2.75, 3.05) is 0 Å². The third kappa shape index (κ3) is 2.77. The van der Waals surface area contributed by atoms with Crippen molar-refractivity contribution < 1.29 is 4.79 Å². The summed E-state index contributed by atoms with van der Waals surface area (Å²) in [4.78, 5) is 11.5. The third-order valence-corrected chi connectivity index (χ3v) is 3.76. The van der Waals surface area contributed by atoms with E-state index in [9.17, 15) is 4.79 Å². The first-order valence-electron chi connectivity index (χ1n) is 6.88. The van der Waals surface area contributed by atoms with Gasteiger partial charge in [-0.15, -0.1) is 0 Å². The van der Waals surface area contributed by atoms with Crippen LogP contribution >= 0.6 is 0 Å². The smallest absolute Gasteiger partial charge is 0.159 e. The second-order valence-electron chi connectivity index (χ2n) is 5.14. The van der Waals surface area contributed by atoms with Gasteiger partial charge in [-0.25, -0.2) is 0 Å². The molecule has 0 saturated heterocycles. The Kier molecular flexibility index (Phi) is 3.98. The molecular weight excluding hydrogens is 208 g/mol. The Morgan fingerprint density at radius 1 is 1.24 bits per heavy atom. The Balaban J connectivity index is 2.25. The summed E-state index contributed by atoms with van der Waals surface area (Å²) in [5, 5.41) is 0. The number of ketones is 1. The Morgan fingerprint density at radius 3 is 2.76 bits per heavy atom. The molecule has 0 bridgehead atoms. The Hall–Kier alpha value is -1.11. The van der Waals surface area contributed by atoms with E-state index >= 15 is 0 Å². The number of aryl methyl sites for hydroxylation is 2. The molecule has 1 aromatic carbocycles. The van der Waals surface area contributed by atoms with Crippen LogP contribution in [0.5, 0.6) is 0 Å². The lowest BCUT2D eigenvalue weighted by Gasteiger charge is -2.10. The molecule has 17 heavy (non-hydrogen) atoms. The summed E-state index contributed by atoms with van der Waals surface area (Å²) in [5.41, 5.74) is 5.34. The van der Waals surface area contributed by atoms with Gasteiger partial charge in [0.2, 0.25) is 0 Å². The van der Waals surface area contributed by atoms with E-state index in [4.69, 9.17) is 0 Å². The molecule has 1 aliphatic rings. The number of fused-ring (bicyclic) bond motifs is 1. The van der Waals surface area contributed by atoms with Crippen molar-refractivity contribution in [3.8, 4) is 0 Å². The third-order valence-electron chi connectivity index (χ3n) is 3.76. The minimum absolute atomic E-state index is 0.205. The second kappa shape index (κ2) is 5.48.